The second kappa shape index (κ2) is 9.23. The van der Waals surface area contributed by atoms with Gasteiger partial charge in [0.1, 0.15) is 22.8 Å². The van der Waals surface area contributed by atoms with E-state index >= 15 is 0 Å². The molecule has 1 heterocycles. The smallest absolute Gasteiger partial charge is 0.341 e. The molecule has 28 heavy (non-hydrogen) atoms. The molecule has 3 aromatic rings. The van der Waals surface area contributed by atoms with E-state index in [1.165, 1.54) is 20.5 Å². The Hall–Kier alpha value is -3.80. The maximum atomic E-state index is 12.1. The van der Waals surface area contributed by atoms with E-state index < -0.39 is 5.97 Å². The fraction of sp³-hybridized carbons (Fsp3) is 0.0909. The van der Waals surface area contributed by atoms with Crippen LogP contribution in [-0.4, -0.2) is 25.2 Å². The van der Waals surface area contributed by atoms with Gasteiger partial charge < -0.3 is 18.9 Å². The number of pyridine rings is 1. The lowest BCUT2D eigenvalue weighted by Crippen LogP contribution is -2.06. The van der Waals surface area contributed by atoms with Crippen molar-refractivity contribution in [2.75, 3.05) is 14.2 Å². The number of hydrogen-bond acceptors (Lipinski definition) is 6. The first-order valence-corrected chi connectivity index (χ1v) is 8.48. The number of esters is 1. The summed E-state index contributed by atoms with van der Waals surface area (Å²) in [6, 6.07) is 20.0. The summed E-state index contributed by atoms with van der Waals surface area (Å²) in [4.78, 5) is 16.3. The van der Waals surface area contributed by atoms with Gasteiger partial charge in [-0.25, -0.2) is 9.78 Å². The molecule has 0 aliphatic rings. The highest BCUT2D eigenvalue weighted by Crippen LogP contribution is 2.31. The summed E-state index contributed by atoms with van der Waals surface area (Å²) in [7, 11) is 2.75. The van der Waals surface area contributed by atoms with Crippen LogP contribution in [0.2, 0.25) is 0 Å². The van der Waals surface area contributed by atoms with Crippen LogP contribution in [0.25, 0.3) is 5.57 Å². The third kappa shape index (κ3) is 4.67. The van der Waals surface area contributed by atoms with E-state index in [1.807, 2.05) is 42.5 Å². The predicted molar refractivity (Wildman–Crippen MR) is 104 cm³/mol. The van der Waals surface area contributed by atoms with Gasteiger partial charge in [-0.05, 0) is 36.4 Å². The van der Waals surface area contributed by atoms with E-state index in [4.69, 9.17) is 18.9 Å². The molecule has 6 heteroatoms. The van der Waals surface area contributed by atoms with Crippen LogP contribution in [0.4, 0.5) is 0 Å². The minimum Gasteiger partial charge on any atom is -0.503 e. The Bertz CT molecular complexity index is 969. The zero-order chi connectivity index (χ0) is 19.8. The number of benzene rings is 2. The van der Waals surface area contributed by atoms with Gasteiger partial charge in [0.25, 0.3) is 0 Å². The molecule has 0 amide bonds. The molecule has 0 aliphatic carbocycles. The average molecular weight is 377 g/mol. The number of carbonyl (C=O) groups excluding carboxylic acids is 1. The molecule has 0 N–H and O–H groups in total. The van der Waals surface area contributed by atoms with Crippen molar-refractivity contribution in [1.29, 1.82) is 0 Å². The topological polar surface area (TPSA) is 66.9 Å². The number of ether oxygens (including phenoxy) is 4. The Morgan fingerprint density at radius 1 is 0.857 bits per heavy atom. The minimum atomic E-state index is -0.555. The summed E-state index contributed by atoms with van der Waals surface area (Å²) in [6.45, 7) is 0. The number of methoxy groups -OCH3 is 2. The van der Waals surface area contributed by atoms with Gasteiger partial charge in [0.15, 0.2) is 0 Å². The van der Waals surface area contributed by atoms with Gasteiger partial charge in [-0.15, -0.1) is 0 Å². The van der Waals surface area contributed by atoms with Gasteiger partial charge in [0.2, 0.25) is 5.88 Å². The van der Waals surface area contributed by atoms with Gasteiger partial charge in [0.05, 0.1) is 26.0 Å². The monoisotopic (exact) mass is 377 g/mol. The van der Waals surface area contributed by atoms with Crippen molar-refractivity contribution in [3.05, 3.63) is 84.8 Å². The van der Waals surface area contributed by atoms with Crippen molar-refractivity contribution in [3.8, 4) is 23.1 Å². The molecule has 142 valence electrons. The molecule has 0 saturated heterocycles. The molecule has 0 atom stereocenters. The molecule has 1 aromatic heterocycles. The molecule has 2 aromatic carbocycles. The van der Waals surface area contributed by atoms with E-state index in [9.17, 15) is 4.79 Å². The predicted octanol–water partition coefficient (Wildman–Crippen LogP) is 4.83. The molecule has 0 bridgehead atoms. The van der Waals surface area contributed by atoms with E-state index in [-0.39, 0.29) is 11.5 Å². The molecule has 0 spiro atoms. The standard InChI is InChI=1S/C22H19NO5/c1-25-15-20(22(24)26-2)19-12-7-13-23-21(19)28-18-11-6-10-17(14-18)27-16-8-4-3-5-9-16/h3-15H,1-2H3. The minimum absolute atomic E-state index is 0.199. The Morgan fingerprint density at radius 2 is 1.57 bits per heavy atom. The van der Waals surface area contributed by atoms with Crippen LogP contribution in [0.3, 0.4) is 0 Å². The number of hydrogen-bond donors (Lipinski definition) is 0. The first kappa shape index (κ1) is 19.0. The number of rotatable bonds is 7. The summed E-state index contributed by atoms with van der Waals surface area (Å²) >= 11 is 0. The molecule has 0 saturated carbocycles. The molecule has 0 unspecified atom stereocenters. The Kier molecular flexibility index (Phi) is 6.25. The van der Waals surface area contributed by atoms with Crippen molar-refractivity contribution in [3.63, 3.8) is 0 Å². The normalized spacial score (nSPS) is 10.9. The lowest BCUT2D eigenvalue weighted by molar-refractivity contribution is -0.133. The van der Waals surface area contributed by atoms with Crippen LogP contribution < -0.4 is 9.47 Å². The maximum absolute atomic E-state index is 12.1. The summed E-state index contributed by atoms with van der Waals surface area (Å²) in [5.74, 6) is 1.53. The van der Waals surface area contributed by atoms with Crippen LogP contribution in [0.15, 0.2) is 79.2 Å². The van der Waals surface area contributed by atoms with Crippen LogP contribution >= 0.6 is 0 Å². The van der Waals surface area contributed by atoms with E-state index in [1.54, 1.807) is 30.5 Å². The van der Waals surface area contributed by atoms with Crippen molar-refractivity contribution in [1.82, 2.24) is 4.98 Å². The highest BCUT2D eigenvalue weighted by atomic mass is 16.5. The average Bonchev–Trinajstić information content (AvgIpc) is 2.73. The SMILES string of the molecule is COC=C(C(=O)OC)c1cccnc1Oc1cccc(Oc2ccccc2)c1. The third-order valence-corrected chi connectivity index (χ3v) is 3.70. The van der Waals surface area contributed by atoms with Crippen LogP contribution in [0.5, 0.6) is 23.1 Å². The molecule has 0 fully saturated rings. The van der Waals surface area contributed by atoms with Gasteiger partial charge in [-0.2, -0.15) is 0 Å². The van der Waals surface area contributed by atoms with Crippen molar-refractivity contribution in [2.45, 2.75) is 0 Å². The highest BCUT2D eigenvalue weighted by molar-refractivity contribution is 6.16. The van der Waals surface area contributed by atoms with Gasteiger partial charge in [0, 0.05) is 12.3 Å². The fourth-order valence-electron chi connectivity index (χ4n) is 2.46. The van der Waals surface area contributed by atoms with Crippen molar-refractivity contribution >= 4 is 11.5 Å². The van der Waals surface area contributed by atoms with E-state index in [0.717, 1.165) is 0 Å². The highest BCUT2D eigenvalue weighted by Gasteiger charge is 2.19. The lowest BCUT2D eigenvalue weighted by Gasteiger charge is -2.12. The zero-order valence-corrected chi connectivity index (χ0v) is 15.5. The van der Waals surface area contributed by atoms with Gasteiger partial charge in [-0.1, -0.05) is 24.3 Å². The Balaban J connectivity index is 1.87. The Labute approximate surface area is 163 Å². The third-order valence-electron chi connectivity index (χ3n) is 3.70. The van der Waals surface area contributed by atoms with E-state index in [2.05, 4.69) is 4.98 Å². The van der Waals surface area contributed by atoms with Crippen molar-refractivity contribution < 1.29 is 23.7 Å². The van der Waals surface area contributed by atoms with Gasteiger partial charge in [-0.3, -0.25) is 0 Å². The first-order valence-electron chi connectivity index (χ1n) is 8.48. The fourth-order valence-corrected chi connectivity index (χ4v) is 2.46. The summed E-state index contributed by atoms with van der Waals surface area (Å²) in [6.07, 6.45) is 2.87. The largest absolute Gasteiger partial charge is 0.503 e. The molecular weight excluding hydrogens is 358 g/mol. The van der Waals surface area contributed by atoms with Gasteiger partial charge >= 0.3 is 5.97 Å². The quantitative estimate of drug-likeness (QED) is 0.334. The summed E-state index contributed by atoms with van der Waals surface area (Å²) in [5, 5.41) is 0. The molecular formula is C22H19NO5. The van der Waals surface area contributed by atoms with Crippen LogP contribution in [0.1, 0.15) is 5.56 Å². The maximum Gasteiger partial charge on any atom is 0.341 e. The lowest BCUT2D eigenvalue weighted by atomic mass is 10.1. The number of para-hydroxylation sites is 1. The second-order valence-electron chi connectivity index (χ2n) is 5.61. The summed E-state index contributed by atoms with van der Waals surface area (Å²) < 4.78 is 21.6. The number of nitrogens with zero attached hydrogens (tertiary/aromatic N) is 1. The van der Waals surface area contributed by atoms with Crippen molar-refractivity contribution in [2.24, 2.45) is 0 Å². The molecule has 6 nitrogen and oxygen atoms in total. The number of carbonyl (C=O) groups is 1. The molecule has 3 rings (SSSR count). The van der Waals surface area contributed by atoms with Crippen LogP contribution in [0, 0.1) is 0 Å². The molecule has 0 aliphatic heterocycles. The Morgan fingerprint density at radius 3 is 2.29 bits per heavy atom. The first-order chi connectivity index (χ1) is 13.7. The second-order valence-corrected chi connectivity index (χ2v) is 5.61. The molecule has 0 radical (unpaired) electrons. The number of aromatic nitrogens is 1. The summed E-state index contributed by atoms with van der Waals surface area (Å²) in [5.41, 5.74) is 0.648. The van der Waals surface area contributed by atoms with E-state index in [0.29, 0.717) is 22.8 Å². The van der Waals surface area contributed by atoms with Crippen LogP contribution in [-0.2, 0) is 14.3 Å². The zero-order valence-electron chi connectivity index (χ0n) is 15.5.